The first kappa shape index (κ1) is 52.5. The third kappa shape index (κ3) is 6.71. The fraction of sp³-hybridized carbons (Fsp3) is 0.458. The zero-order valence-corrected chi connectivity index (χ0v) is 37.2. The number of hydrogen-bond acceptors (Lipinski definition) is 18. The van der Waals surface area contributed by atoms with Crippen molar-refractivity contribution >= 4 is 46.5 Å². The Morgan fingerprint density at radius 2 is 1.09 bits per heavy atom. The molecule has 2 amide bonds. The molecular formula is C48H61N5O15. The zero-order chi connectivity index (χ0) is 49.1. The normalized spacial score (nSPS) is 32.7. The van der Waals surface area contributed by atoms with Crippen LogP contribution in [0.4, 0.5) is 0 Å². The van der Waals surface area contributed by atoms with Gasteiger partial charge in [0.05, 0.1) is 41.3 Å². The Morgan fingerprint density at radius 3 is 1.50 bits per heavy atom. The van der Waals surface area contributed by atoms with Gasteiger partial charge in [-0.1, -0.05) is 53.0 Å². The van der Waals surface area contributed by atoms with Gasteiger partial charge in [-0.15, -0.1) is 0 Å². The second-order valence-corrected chi connectivity index (χ2v) is 18.1. The third-order valence-corrected chi connectivity index (χ3v) is 14.7. The number of primary amides is 2. The number of nitrogens with zero attached hydrogens (tertiary/aromatic N) is 2. The number of nitrogens with two attached hydrogens (primary N) is 2. The molecule has 20 nitrogen and oxygen atoms in total. The molecule has 12 atom stereocenters. The Kier molecular flexibility index (Phi) is 13.8. The van der Waals surface area contributed by atoms with Crippen LogP contribution in [-0.2, 0) is 33.5 Å². The van der Waals surface area contributed by atoms with Crippen molar-refractivity contribution < 1.29 is 74.4 Å². The molecule has 20 heteroatoms. The summed E-state index contributed by atoms with van der Waals surface area (Å²) in [6.07, 6.45) is -2.44. The van der Waals surface area contributed by atoms with E-state index in [1.54, 1.807) is 50.2 Å². The van der Waals surface area contributed by atoms with Crippen molar-refractivity contribution in [1.82, 2.24) is 15.1 Å². The molecule has 6 aliphatic carbocycles. The van der Waals surface area contributed by atoms with E-state index >= 15 is 0 Å². The number of Topliss-reactive ketones (excluding diaryl/α,β-unsaturated/α-hetero) is 4. The van der Waals surface area contributed by atoms with E-state index in [0.29, 0.717) is 11.1 Å². The van der Waals surface area contributed by atoms with Crippen molar-refractivity contribution in [2.45, 2.75) is 76.0 Å². The van der Waals surface area contributed by atoms with Gasteiger partial charge in [-0.2, -0.15) is 0 Å². The van der Waals surface area contributed by atoms with Crippen molar-refractivity contribution in [3.05, 3.63) is 92.5 Å². The standard InChI is InChI=1S/C24H29N3O7.C22H24N2O8.2CH4/c1-9-10-7-6-8-11(28)13(10)18(29)14-12(9)20(34-5)16-17(27(3)4)19(30)15(23(25)33)22(32)24(16,26-2)21(14)31;1-7-8-5-4-6-9(25)11(8)16(26)12-10(7)17(27)14-15(24(2)3)18(28)13(21(23)31)20(30)22(14,32)19(12)29;;/h6-9,12,16-17,20,26,28-29,32H,1-5H3,(H2,25,33);4-7,10,14-15,17,25-27,30,32H,1-3H3,(H2,23,31);2*1H4/t9-,12?,16?,17-,20+,24-;7-,10?,14?,15-,17-,22-;;/m00../s1. The lowest BCUT2D eigenvalue weighted by molar-refractivity contribution is -0.169. The Morgan fingerprint density at radius 1 is 0.676 bits per heavy atom. The zero-order valence-electron chi connectivity index (χ0n) is 37.2. The van der Waals surface area contributed by atoms with Crippen LogP contribution in [0.3, 0.4) is 0 Å². The minimum atomic E-state index is -2.89. The molecule has 0 saturated heterocycles. The molecule has 4 unspecified atom stereocenters. The molecule has 0 bridgehead atoms. The number of phenols is 2. The molecule has 0 radical (unpaired) electrons. The van der Waals surface area contributed by atoms with Crippen LogP contribution < -0.4 is 16.8 Å². The number of nitrogens with one attached hydrogen (secondary N) is 1. The number of phenolic OH excluding ortho intramolecular Hbond substituents is 2. The largest absolute Gasteiger partial charge is 0.509 e. The number of rotatable bonds is 6. The molecule has 13 N–H and O–H groups in total. The summed E-state index contributed by atoms with van der Waals surface area (Å²) in [6, 6.07) is 6.90. The molecule has 0 heterocycles. The summed E-state index contributed by atoms with van der Waals surface area (Å²) in [4.78, 5) is 81.4. The average molecular weight is 948 g/mol. The lowest BCUT2D eigenvalue weighted by atomic mass is 9.53. The number of ether oxygens (including phenoxy) is 1. The van der Waals surface area contributed by atoms with Crippen LogP contribution in [0, 0.1) is 23.7 Å². The van der Waals surface area contributed by atoms with Gasteiger partial charge in [0.15, 0.2) is 23.0 Å². The molecule has 8 rings (SSSR count). The fourth-order valence-corrected chi connectivity index (χ4v) is 11.8. The molecule has 2 aromatic carbocycles. The number of aliphatic hydroxyl groups is 6. The minimum absolute atomic E-state index is 0. The van der Waals surface area contributed by atoms with Crippen LogP contribution in [0.5, 0.6) is 11.5 Å². The van der Waals surface area contributed by atoms with E-state index in [9.17, 15) is 69.6 Å². The number of carbonyl (C=O) groups is 6. The van der Waals surface area contributed by atoms with Gasteiger partial charge in [-0.05, 0) is 70.3 Å². The van der Waals surface area contributed by atoms with Crippen LogP contribution >= 0.6 is 0 Å². The molecule has 68 heavy (non-hydrogen) atoms. The van der Waals surface area contributed by atoms with Crippen LogP contribution in [-0.4, -0.2) is 163 Å². The molecule has 2 saturated carbocycles. The number of aromatic hydroxyl groups is 2. The SMILES string of the molecule is C.C.CN[C@]12C(=O)C3=C(O)c4c(O)cccc4[C@H](C)C3[C@@H](OC)C1[C@H](N(C)C)C(=O)C(C(N)=O)=C2O.C[C@H]1c2cccc(O)c2C(O)=C2C(=O)[C@]3(O)C(O)=C(C(N)=O)C(=O)[C@@H](N(C)C)C3[C@@H](O)C21. The summed E-state index contributed by atoms with van der Waals surface area (Å²) < 4.78 is 5.91. The number of hydrogen-bond donors (Lipinski definition) is 11. The highest BCUT2D eigenvalue weighted by Gasteiger charge is 2.70. The number of benzene rings is 2. The number of ketones is 4. The Hall–Kier alpha value is -6.42. The maximum Gasteiger partial charge on any atom is 0.255 e. The van der Waals surface area contributed by atoms with Crippen molar-refractivity contribution in [2.24, 2.45) is 35.1 Å². The summed E-state index contributed by atoms with van der Waals surface area (Å²) in [5, 5.41) is 90.8. The average Bonchev–Trinajstić information content (AvgIpc) is 3.23. The van der Waals surface area contributed by atoms with E-state index in [1.165, 1.54) is 45.3 Å². The highest BCUT2D eigenvalue weighted by Crippen LogP contribution is 2.58. The molecule has 0 aromatic heterocycles. The second kappa shape index (κ2) is 17.9. The maximum atomic E-state index is 14.2. The fourth-order valence-electron chi connectivity index (χ4n) is 11.8. The quantitative estimate of drug-likeness (QED) is 0.181. The predicted octanol–water partition coefficient (Wildman–Crippen LogP) is 1.15. The van der Waals surface area contributed by atoms with Gasteiger partial charge in [-0.3, -0.25) is 38.6 Å². The van der Waals surface area contributed by atoms with Crippen molar-refractivity contribution in [3.8, 4) is 11.5 Å². The van der Waals surface area contributed by atoms with E-state index in [1.807, 2.05) is 6.92 Å². The summed E-state index contributed by atoms with van der Waals surface area (Å²) >= 11 is 0. The maximum absolute atomic E-state index is 14.2. The van der Waals surface area contributed by atoms with Crippen LogP contribution in [0.15, 0.2) is 70.2 Å². The minimum Gasteiger partial charge on any atom is -0.509 e. The molecule has 368 valence electrons. The van der Waals surface area contributed by atoms with E-state index in [-0.39, 0.29) is 43.1 Å². The summed E-state index contributed by atoms with van der Waals surface area (Å²) in [5.74, 6) is -14.9. The van der Waals surface area contributed by atoms with Gasteiger partial charge < -0.3 is 62.4 Å². The van der Waals surface area contributed by atoms with E-state index in [4.69, 9.17) is 16.2 Å². The number of methoxy groups -OCH3 is 1. The summed E-state index contributed by atoms with van der Waals surface area (Å²) in [7, 11) is 9.03. The van der Waals surface area contributed by atoms with Crippen LogP contribution in [0.25, 0.3) is 11.5 Å². The van der Waals surface area contributed by atoms with Crippen LogP contribution in [0.1, 0.15) is 62.8 Å². The summed E-state index contributed by atoms with van der Waals surface area (Å²) in [6.45, 7) is 3.52. The first-order valence-corrected chi connectivity index (χ1v) is 20.9. The Labute approximate surface area is 392 Å². The first-order chi connectivity index (χ1) is 30.8. The van der Waals surface area contributed by atoms with Gasteiger partial charge in [0, 0.05) is 36.0 Å². The van der Waals surface area contributed by atoms with Gasteiger partial charge in [0.2, 0.25) is 5.78 Å². The monoisotopic (exact) mass is 947 g/mol. The number of carbonyl (C=O) groups excluding carboxylic acids is 6. The van der Waals surface area contributed by atoms with E-state index in [0.717, 1.165) is 0 Å². The highest BCUT2D eigenvalue weighted by molar-refractivity contribution is 6.26. The second-order valence-electron chi connectivity index (χ2n) is 18.1. The van der Waals surface area contributed by atoms with Crippen LogP contribution in [0.2, 0.25) is 0 Å². The topological polar surface area (TPSA) is 344 Å². The molecule has 0 aliphatic heterocycles. The van der Waals surface area contributed by atoms with Crippen molar-refractivity contribution in [2.75, 3.05) is 42.3 Å². The predicted molar refractivity (Wildman–Crippen MR) is 246 cm³/mol. The van der Waals surface area contributed by atoms with Gasteiger partial charge in [0.25, 0.3) is 11.8 Å². The lowest BCUT2D eigenvalue weighted by Crippen LogP contribution is -2.74. The number of likely N-dealkylation sites (N-methyl/N-ethyl adjacent to an activating group) is 3. The molecule has 2 fully saturated rings. The molecule has 6 aliphatic rings. The first-order valence-electron chi connectivity index (χ1n) is 20.9. The number of fused-ring (bicyclic) bond motifs is 6. The van der Waals surface area contributed by atoms with Gasteiger partial charge in [0.1, 0.15) is 51.2 Å². The Balaban J connectivity index is 0.000000247. The molecule has 0 spiro atoms. The number of amides is 2. The van der Waals surface area contributed by atoms with E-state index in [2.05, 4.69) is 5.32 Å². The summed E-state index contributed by atoms with van der Waals surface area (Å²) in [5.41, 5.74) is 4.98. The van der Waals surface area contributed by atoms with E-state index < -0.39 is 146 Å². The molecule has 2 aromatic rings. The third-order valence-electron chi connectivity index (χ3n) is 14.7. The van der Waals surface area contributed by atoms with Gasteiger partial charge in [-0.25, -0.2) is 0 Å². The smallest absolute Gasteiger partial charge is 0.255 e. The van der Waals surface area contributed by atoms with Crippen molar-refractivity contribution in [3.63, 3.8) is 0 Å². The van der Waals surface area contributed by atoms with Gasteiger partial charge >= 0.3 is 0 Å². The highest BCUT2D eigenvalue weighted by atomic mass is 16.5. The lowest BCUT2D eigenvalue weighted by Gasteiger charge is -2.56. The molecular weight excluding hydrogens is 887 g/mol. The van der Waals surface area contributed by atoms with Crippen molar-refractivity contribution in [1.29, 1.82) is 0 Å². The Bertz CT molecular complexity index is 2670. The number of aliphatic hydroxyl groups excluding tert-OH is 5.